The fourth-order valence-electron chi connectivity index (χ4n) is 3.17. The molecule has 0 unspecified atom stereocenters. The van der Waals surface area contributed by atoms with Gasteiger partial charge in [-0.3, -0.25) is 24.3 Å². The molecule has 3 heterocycles. The van der Waals surface area contributed by atoms with Crippen molar-refractivity contribution < 1.29 is 14.1 Å². The molecule has 0 bridgehead atoms. The molecular formula is C20H16N4O6S. The summed E-state index contributed by atoms with van der Waals surface area (Å²) in [6, 6.07) is 10.9. The van der Waals surface area contributed by atoms with E-state index in [1.54, 1.807) is 29.6 Å². The van der Waals surface area contributed by atoms with E-state index in [1.165, 1.54) is 29.0 Å². The van der Waals surface area contributed by atoms with Gasteiger partial charge in [0, 0.05) is 12.1 Å². The summed E-state index contributed by atoms with van der Waals surface area (Å²) < 4.78 is 7.68. The number of nitrogens with one attached hydrogen (secondary N) is 1. The highest BCUT2D eigenvalue weighted by Gasteiger charge is 2.17. The summed E-state index contributed by atoms with van der Waals surface area (Å²) in [5.74, 6) is 0.0193. The number of fused-ring (bicyclic) bond motifs is 1. The van der Waals surface area contributed by atoms with Gasteiger partial charge in [-0.25, -0.2) is 9.36 Å². The van der Waals surface area contributed by atoms with Crippen LogP contribution in [0.3, 0.4) is 0 Å². The van der Waals surface area contributed by atoms with Crippen molar-refractivity contribution in [3.63, 3.8) is 0 Å². The van der Waals surface area contributed by atoms with Gasteiger partial charge in [-0.1, -0.05) is 12.1 Å². The monoisotopic (exact) mass is 440 g/mol. The van der Waals surface area contributed by atoms with E-state index in [0.29, 0.717) is 21.5 Å². The Balaban J connectivity index is 1.68. The standard InChI is InChI=1S/C20H16N4O6S/c25-17(21-10-15-5-2-7-30-15)12-23-19(26)18-16(6-8-31-18)22(20(23)27)11-13-3-1-4-14(9-13)24(28)29/h1-9H,10-12H2,(H,21,25). The van der Waals surface area contributed by atoms with Crippen molar-refractivity contribution in [2.75, 3.05) is 0 Å². The number of hydrogen-bond donors (Lipinski definition) is 1. The number of hydrogen-bond acceptors (Lipinski definition) is 7. The molecule has 1 aromatic carbocycles. The van der Waals surface area contributed by atoms with Gasteiger partial charge in [-0.05, 0) is 29.1 Å². The summed E-state index contributed by atoms with van der Waals surface area (Å²) in [7, 11) is 0. The molecule has 0 saturated heterocycles. The van der Waals surface area contributed by atoms with Crippen LogP contribution < -0.4 is 16.6 Å². The Morgan fingerprint density at radius 2 is 2.00 bits per heavy atom. The molecule has 0 aliphatic carbocycles. The molecule has 0 radical (unpaired) electrons. The number of benzene rings is 1. The van der Waals surface area contributed by atoms with Crippen LogP contribution in [0.4, 0.5) is 5.69 Å². The number of non-ortho nitro benzene ring substituents is 1. The van der Waals surface area contributed by atoms with Crippen molar-refractivity contribution in [3.8, 4) is 0 Å². The number of furan rings is 1. The second-order valence-electron chi connectivity index (χ2n) is 6.68. The number of nitro groups is 1. The lowest BCUT2D eigenvalue weighted by Crippen LogP contribution is -2.43. The molecule has 1 N–H and O–H groups in total. The Bertz CT molecular complexity index is 1380. The fourth-order valence-corrected chi connectivity index (χ4v) is 4.02. The molecule has 10 nitrogen and oxygen atoms in total. The van der Waals surface area contributed by atoms with Crippen molar-refractivity contribution >= 4 is 33.1 Å². The largest absolute Gasteiger partial charge is 0.467 e. The molecule has 0 aliphatic heterocycles. The van der Waals surface area contributed by atoms with E-state index >= 15 is 0 Å². The van der Waals surface area contributed by atoms with Gasteiger partial charge < -0.3 is 9.73 Å². The Morgan fingerprint density at radius 1 is 1.16 bits per heavy atom. The summed E-state index contributed by atoms with van der Waals surface area (Å²) in [4.78, 5) is 48.8. The molecule has 0 saturated carbocycles. The number of amides is 1. The SMILES string of the molecule is O=C(Cn1c(=O)c2sccc2n(Cc2cccc([N+](=O)[O-])c2)c1=O)NCc1ccco1. The lowest BCUT2D eigenvalue weighted by Gasteiger charge is -2.12. The highest BCUT2D eigenvalue weighted by molar-refractivity contribution is 7.17. The second-order valence-corrected chi connectivity index (χ2v) is 7.59. The molecule has 4 aromatic rings. The van der Waals surface area contributed by atoms with Crippen molar-refractivity contribution in [1.29, 1.82) is 0 Å². The van der Waals surface area contributed by atoms with Crippen LogP contribution in [0.25, 0.3) is 10.2 Å². The summed E-state index contributed by atoms with van der Waals surface area (Å²) in [5, 5.41) is 15.3. The van der Waals surface area contributed by atoms with Crippen molar-refractivity contribution in [3.05, 3.63) is 96.4 Å². The zero-order valence-electron chi connectivity index (χ0n) is 16.0. The van der Waals surface area contributed by atoms with Gasteiger partial charge in [-0.15, -0.1) is 11.3 Å². The summed E-state index contributed by atoms with van der Waals surface area (Å²) in [6.07, 6.45) is 1.48. The maximum Gasteiger partial charge on any atom is 0.332 e. The van der Waals surface area contributed by atoms with Crippen LogP contribution in [0.2, 0.25) is 0 Å². The summed E-state index contributed by atoms with van der Waals surface area (Å²) >= 11 is 1.16. The first-order valence-corrected chi connectivity index (χ1v) is 10.1. The molecule has 0 aliphatic rings. The van der Waals surface area contributed by atoms with Gasteiger partial charge >= 0.3 is 5.69 Å². The molecule has 4 rings (SSSR count). The molecule has 0 fully saturated rings. The molecule has 158 valence electrons. The zero-order valence-corrected chi connectivity index (χ0v) is 16.8. The average molecular weight is 440 g/mol. The normalized spacial score (nSPS) is 11.0. The predicted molar refractivity (Wildman–Crippen MR) is 113 cm³/mol. The van der Waals surface area contributed by atoms with Crippen LogP contribution in [0.1, 0.15) is 11.3 Å². The van der Waals surface area contributed by atoms with E-state index in [-0.39, 0.29) is 18.8 Å². The molecule has 0 atom stereocenters. The number of carbonyl (C=O) groups excluding carboxylic acids is 1. The molecule has 3 aromatic heterocycles. The quantitative estimate of drug-likeness (QED) is 0.346. The van der Waals surface area contributed by atoms with Crippen LogP contribution in [0.5, 0.6) is 0 Å². The Morgan fingerprint density at radius 3 is 2.74 bits per heavy atom. The van der Waals surface area contributed by atoms with Gasteiger partial charge in [0.1, 0.15) is 17.0 Å². The number of carbonyl (C=O) groups is 1. The lowest BCUT2D eigenvalue weighted by atomic mass is 10.2. The zero-order chi connectivity index (χ0) is 22.0. The minimum atomic E-state index is -0.671. The third-order valence-electron chi connectivity index (χ3n) is 4.64. The Hall–Kier alpha value is -3.99. The number of aromatic nitrogens is 2. The smallest absolute Gasteiger partial charge is 0.332 e. The average Bonchev–Trinajstić information content (AvgIpc) is 3.45. The lowest BCUT2D eigenvalue weighted by molar-refractivity contribution is -0.384. The second kappa shape index (κ2) is 8.40. The van der Waals surface area contributed by atoms with Gasteiger partial charge in [0.25, 0.3) is 11.2 Å². The fraction of sp³-hybridized carbons (Fsp3) is 0.150. The minimum Gasteiger partial charge on any atom is -0.467 e. The van der Waals surface area contributed by atoms with Gasteiger partial charge in [0.15, 0.2) is 0 Å². The first-order chi connectivity index (χ1) is 14.9. The van der Waals surface area contributed by atoms with E-state index in [4.69, 9.17) is 4.42 Å². The number of rotatable bonds is 7. The van der Waals surface area contributed by atoms with Crippen LogP contribution in [-0.2, 0) is 24.4 Å². The molecular weight excluding hydrogens is 424 g/mol. The maximum atomic E-state index is 13.1. The Kier molecular flexibility index (Phi) is 5.50. The van der Waals surface area contributed by atoms with E-state index in [1.807, 2.05) is 0 Å². The van der Waals surface area contributed by atoms with Gasteiger partial charge in [-0.2, -0.15) is 0 Å². The maximum absolute atomic E-state index is 13.1. The van der Waals surface area contributed by atoms with Crippen LogP contribution in [0.15, 0.2) is 68.1 Å². The highest BCUT2D eigenvalue weighted by atomic mass is 32.1. The number of nitro benzene ring substituents is 1. The van der Waals surface area contributed by atoms with Crippen LogP contribution >= 0.6 is 11.3 Å². The van der Waals surface area contributed by atoms with E-state index in [0.717, 1.165) is 15.9 Å². The highest BCUT2D eigenvalue weighted by Crippen LogP contribution is 2.18. The topological polar surface area (TPSA) is 129 Å². The third-order valence-corrected chi connectivity index (χ3v) is 5.53. The van der Waals surface area contributed by atoms with Crippen molar-refractivity contribution in [2.24, 2.45) is 0 Å². The summed E-state index contributed by atoms with van der Waals surface area (Å²) in [5.41, 5.74) is -0.387. The van der Waals surface area contributed by atoms with E-state index < -0.39 is 28.6 Å². The first kappa shape index (κ1) is 20.3. The van der Waals surface area contributed by atoms with E-state index in [9.17, 15) is 24.5 Å². The third kappa shape index (κ3) is 4.16. The van der Waals surface area contributed by atoms with Crippen molar-refractivity contribution in [2.45, 2.75) is 19.6 Å². The Labute approximate surface area is 178 Å². The molecule has 31 heavy (non-hydrogen) atoms. The number of thiophene rings is 1. The first-order valence-electron chi connectivity index (χ1n) is 9.17. The molecule has 0 spiro atoms. The predicted octanol–water partition coefficient (Wildman–Crippen LogP) is 2.09. The van der Waals surface area contributed by atoms with Crippen molar-refractivity contribution in [1.82, 2.24) is 14.5 Å². The number of nitrogens with zero attached hydrogens (tertiary/aromatic N) is 3. The molecule has 1 amide bonds. The minimum absolute atomic E-state index is 0.0159. The van der Waals surface area contributed by atoms with E-state index in [2.05, 4.69) is 5.32 Å². The molecule has 11 heteroatoms. The van der Waals surface area contributed by atoms with Crippen LogP contribution in [-0.4, -0.2) is 20.0 Å². The van der Waals surface area contributed by atoms with Crippen LogP contribution in [0, 0.1) is 10.1 Å². The van der Waals surface area contributed by atoms with Gasteiger partial charge in [0.2, 0.25) is 5.91 Å². The van der Waals surface area contributed by atoms with Gasteiger partial charge in [0.05, 0.1) is 29.8 Å². The summed E-state index contributed by atoms with van der Waals surface area (Å²) in [6.45, 7) is -0.313.